The number of halogens is 1. The molecule has 0 amide bonds. The maximum absolute atomic E-state index is 11.8. The van der Waals surface area contributed by atoms with Crippen molar-refractivity contribution in [3.05, 3.63) is 28.2 Å². The molecule has 0 aliphatic carbocycles. The highest BCUT2D eigenvalue weighted by Gasteiger charge is 2.29. The highest BCUT2D eigenvalue weighted by molar-refractivity contribution is 9.10. The molecular formula is C11H15BrN2O3S. The maximum atomic E-state index is 11.8. The Morgan fingerprint density at radius 1 is 1.56 bits per heavy atom. The molecule has 2 rings (SSSR count). The van der Waals surface area contributed by atoms with Crippen molar-refractivity contribution in [3.63, 3.8) is 0 Å². The van der Waals surface area contributed by atoms with Crippen LogP contribution in [-0.4, -0.2) is 43.3 Å². The van der Waals surface area contributed by atoms with Crippen molar-refractivity contribution in [2.75, 3.05) is 24.7 Å². The summed E-state index contributed by atoms with van der Waals surface area (Å²) in [5.41, 5.74) is 1.80. The van der Waals surface area contributed by atoms with E-state index in [1.54, 1.807) is 0 Å². The van der Waals surface area contributed by atoms with Gasteiger partial charge in [-0.3, -0.25) is 0 Å². The van der Waals surface area contributed by atoms with Gasteiger partial charge in [0.1, 0.15) is 0 Å². The van der Waals surface area contributed by atoms with Crippen LogP contribution < -0.4 is 5.32 Å². The van der Waals surface area contributed by atoms with E-state index < -0.39 is 16.1 Å². The lowest BCUT2D eigenvalue weighted by Gasteiger charge is -2.25. The van der Waals surface area contributed by atoms with E-state index in [0.29, 0.717) is 6.54 Å². The number of nitrogens with zero attached hydrogens (tertiary/aromatic N) is 1. The number of anilines is 1. The number of benzene rings is 1. The summed E-state index contributed by atoms with van der Waals surface area (Å²) >= 11 is 3.37. The van der Waals surface area contributed by atoms with Gasteiger partial charge in [-0.05, 0) is 23.8 Å². The molecule has 1 unspecified atom stereocenters. The van der Waals surface area contributed by atoms with Crippen LogP contribution in [0.2, 0.25) is 0 Å². The van der Waals surface area contributed by atoms with E-state index in [-0.39, 0.29) is 13.2 Å². The molecule has 0 bridgehead atoms. The number of hydrogen-bond donors (Lipinski definition) is 2. The molecule has 1 atom stereocenters. The second-order valence-electron chi connectivity index (χ2n) is 4.33. The van der Waals surface area contributed by atoms with Crippen LogP contribution in [0, 0.1) is 0 Å². The smallest absolute Gasteiger partial charge is 0.211 e. The van der Waals surface area contributed by atoms with E-state index in [0.717, 1.165) is 15.7 Å². The molecule has 2 N–H and O–H groups in total. The van der Waals surface area contributed by atoms with Gasteiger partial charge in [-0.25, -0.2) is 8.42 Å². The van der Waals surface area contributed by atoms with E-state index in [1.807, 2.05) is 18.2 Å². The summed E-state index contributed by atoms with van der Waals surface area (Å²) in [4.78, 5) is 0. The molecule has 0 spiro atoms. The molecule has 18 heavy (non-hydrogen) atoms. The topological polar surface area (TPSA) is 69.6 Å². The van der Waals surface area contributed by atoms with Gasteiger partial charge in [-0.15, -0.1) is 0 Å². The van der Waals surface area contributed by atoms with Crippen LogP contribution in [0.4, 0.5) is 5.69 Å². The second-order valence-corrected chi connectivity index (χ2v) is 7.18. The fourth-order valence-electron chi connectivity index (χ4n) is 2.04. The fourth-order valence-corrected chi connectivity index (χ4v) is 3.50. The summed E-state index contributed by atoms with van der Waals surface area (Å²) in [6.45, 7) is 0.471. The standard InChI is InChI=1S/C11H15BrN2O3S/c1-18(16,17)14-6-8-4-9(12)2-3-11(8)13-5-10(14)7-15/h2-4,10,13,15H,5-7H2,1H3. The van der Waals surface area contributed by atoms with Crippen molar-refractivity contribution in [2.24, 2.45) is 0 Å². The summed E-state index contributed by atoms with van der Waals surface area (Å²) in [5.74, 6) is 0. The van der Waals surface area contributed by atoms with Crippen LogP contribution in [0.15, 0.2) is 22.7 Å². The van der Waals surface area contributed by atoms with E-state index in [4.69, 9.17) is 0 Å². The number of aliphatic hydroxyl groups is 1. The van der Waals surface area contributed by atoms with Gasteiger partial charge in [-0.2, -0.15) is 4.31 Å². The van der Waals surface area contributed by atoms with Crippen molar-refractivity contribution in [2.45, 2.75) is 12.6 Å². The van der Waals surface area contributed by atoms with Crippen molar-refractivity contribution in [1.29, 1.82) is 0 Å². The third-order valence-corrected chi connectivity index (χ3v) is 4.74. The largest absolute Gasteiger partial charge is 0.395 e. The molecule has 0 aromatic heterocycles. The Hall–Kier alpha value is -0.630. The van der Waals surface area contributed by atoms with Gasteiger partial charge in [0, 0.05) is 23.2 Å². The Morgan fingerprint density at radius 2 is 2.28 bits per heavy atom. The van der Waals surface area contributed by atoms with E-state index in [1.165, 1.54) is 10.6 Å². The summed E-state index contributed by atoms with van der Waals surface area (Å²) in [6, 6.07) is 5.25. The fraction of sp³-hybridized carbons (Fsp3) is 0.455. The molecule has 1 aromatic carbocycles. The van der Waals surface area contributed by atoms with E-state index in [2.05, 4.69) is 21.2 Å². The zero-order valence-corrected chi connectivity index (χ0v) is 12.3. The number of fused-ring (bicyclic) bond motifs is 1. The predicted octanol–water partition coefficient (Wildman–Crippen LogP) is 0.997. The molecule has 7 heteroatoms. The average molecular weight is 335 g/mol. The van der Waals surface area contributed by atoms with Crippen molar-refractivity contribution < 1.29 is 13.5 Å². The third kappa shape index (κ3) is 2.85. The third-order valence-electron chi connectivity index (χ3n) is 2.97. The monoisotopic (exact) mass is 334 g/mol. The van der Waals surface area contributed by atoms with Gasteiger partial charge < -0.3 is 10.4 Å². The Kier molecular flexibility index (Phi) is 3.96. The number of sulfonamides is 1. The van der Waals surface area contributed by atoms with Gasteiger partial charge in [0.2, 0.25) is 10.0 Å². The highest BCUT2D eigenvalue weighted by Crippen LogP contribution is 2.27. The van der Waals surface area contributed by atoms with Gasteiger partial charge in [-0.1, -0.05) is 15.9 Å². The van der Waals surface area contributed by atoms with Crippen molar-refractivity contribution in [1.82, 2.24) is 4.31 Å². The van der Waals surface area contributed by atoms with Crippen LogP contribution >= 0.6 is 15.9 Å². The summed E-state index contributed by atoms with van der Waals surface area (Å²) in [5, 5.41) is 12.5. The highest BCUT2D eigenvalue weighted by atomic mass is 79.9. The van der Waals surface area contributed by atoms with Crippen molar-refractivity contribution in [3.8, 4) is 0 Å². The first-order valence-electron chi connectivity index (χ1n) is 5.52. The number of nitrogens with one attached hydrogen (secondary N) is 1. The molecule has 0 saturated heterocycles. The lowest BCUT2D eigenvalue weighted by Crippen LogP contribution is -2.43. The first kappa shape index (κ1) is 13.8. The lowest BCUT2D eigenvalue weighted by molar-refractivity contribution is 0.193. The molecular weight excluding hydrogens is 320 g/mol. The Labute approximate surface area is 115 Å². The van der Waals surface area contributed by atoms with Crippen LogP contribution in [-0.2, 0) is 16.6 Å². The van der Waals surface area contributed by atoms with Crippen LogP contribution in [0.25, 0.3) is 0 Å². The van der Waals surface area contributed by atoms with Gasteiger partial charge in [0.05, 0.1) is 18.9 Å². The molecule has 5 nitrogen and oxygen atoms in total. The second kappa shape index (κ2) is 5.16. The molecule has 0 radical (unpaired) electrons. The number of aliphatic hydroxyl groups excluding tert-OH is 1. The molecule has 1 aliphatic rings. The minimum absolute atomic E-state index is 0.199. The Morgan fingerprint density at radius 3 is 2.89 bits per heavy atom. The van der Waals surface area contributed by atoms with Gasteiger partial charge >= 0.3 is 0 Å². The molecule has 1 aliphatic heterocycles. The molecule has 0 fully saturated rings. The van der Waals surface area contributed by atoms with Gasteiger partial charge in [0.15, 0.2) is 0 Å². The van der Waals surface area contributed by atoms with Crippen LogP contribution in [0.5, 0.6) is 0 Å². The summed E-state index contributed by atoms with van der Waals surface area (Å²) < 4.78 is 25.8. The first-order valence-corrected chi connectivity index (χ1v) is 8.16. The van der Waals surface area contributed by atoms with Gasteiger partial charge in [0.25, 0.3) is 0 Å². The Bertz CT molecular complexity index is 547. The maximum Gasteiger partial charge on any atom is 0.211 e. The van der Waals surface area contributed by atoms with Crippen LogP contribution in [0.1, 0.15) is 5.56 Å². The van der Waals surface area contributed by atoms with E-state index >= 15 is 0 Å². The average Bonchev–Trinajstić information content (AvgIpc) is 2.46. The minimum Gasteiger partial charge on any atom is -0.395 e. The molecule has 1 heterocycles. The zero-order valence-electron chi connectivity index (χ0n) is 9.93. The van der Waals surface area contributed by atoms with Crippen LogP contribution in [0.3, 0.4) is 0 Å². The first-order chi connectivity index (χ1) is 8.41. The number of rotatable bonds is 2. The molecule has 0 saturated carbocycles. The normalized spacial score (nSPS) is 20.9. The minimum atomic E-state index is -3.35. The quantitative estimate of drug-likeness (QED) is 0.846. The summed E-state index contributed by atoms with van der Waals surface area (Å²) in [6.07, 6.45) is 1.17. The summed E-state index contributed by atoms with van der Waals surface area (Å²) in [7, 11) is -3.35. The zero-order chi connectivity index (χ0) is 13.3. The Balaban J connectivity index is 2.42. The molecule has 1 aromatic rings. The number of hydrogen-bond acceptors (Lipinski definition) is 4. The lowest BCUT2D eigenvalue weighted by atomic mass is 10.2. The van der Waals surface area contributed by atoms with E-state index in [9.17, 15) is 13.5 Å². The van der Waals surface area contributed by atoms with Crippen molar-refractivity contribution >= 4 is 31.6 Å². The predicted molar refractivity (Wildman–Crippen MR) is 73.9 cm³/mol. The molecule has 100 valence electrons. The SMILES string of the molecule is CS(=O)(=O)N1Cc2cc(Br)ccc2NCC1CO.